The van der Waals surface area contributed by atoms with Crippen LogP contribution in [0.5, 0.6) is 5.75 Å². The number of hydrogen-bond acceptors (Lipinski definition) is 2. The molecule has 2 N–H and O–H groups in total. The molecule has 0 aliphatic carbocycles. The van der Waals surface area contributed by atoms with Crippen LogP contribution in [0.15, 0.2) is 54.6 Å². The van der Waals surface area contributed by atoms with Gasteiger partial charge in [0.2, 0.25) is 0 Å². The van der Waals surface area contributed by atoms with Crippen LogP contribution >= 0.6 is 0 Å². The van der Waals surface area contributed by atoms with Crippen molar-refractivity contribution in [3.8, 4) is 5.75 Å². The third-order valence-corrected chi connectivity index (χ3v) is 4.67. The summed E-state index contributed by atoms with van der Waals surface area (Å²) < 4.78 is 5.64. The fourth-order valence-corrected chi connectivity index (χ4v) is 3.55. The quantitative estimate of drug-likeness (QED) is 0.736. The van der Waals surface area contributed by atoms with E-state index in [4.69, 9.17) is 10.5 Å². The van der Waals surface area contributed by atoms with Crippen molar-refractivity contribution in [3.63, 3.8) is 0 Å². The van der Waals surface area contributed by atoms with E-state index >= 15 is 0 Å². The zero-order valence-corrected chi connectivity index (χ0v) is 14.7. The third kappa shape index (κ3) is 3.29. The molecule has 2 heteroatoms. The number of methoxy groups -OCH3 is 1. The highest BCUT2D eigenvalue weighted by Crippen LogP contribution is 2.33. The van der Waals surface area contributed by atoms with Gasteiger partial charge in [-0.25, -0.2) is 0 Å². The number of fused-ring (bicyclic) bond motifs is 1. The van der Waals surface area contributed by atoms with Crippen LogP contribution in [0.1, 0.15) is 28.2 Å². The Labute approximate surface area is 144 Å². The van der Waals surface area contributed by atoms with E-state index in [0.29, 0.717) is 6.54 Å². The second kappa shape index (κ2) is 7.06. The van der Waals surface area contributed by atoms with Gasteiger partial charge in [-0.05, 0) is 49.2 Å². The van der Waals surface area contributed by atoms with Crippen LogP contribution in [0, 0.1) is 13.8 Å². The molecule has 2 nitrogen and oxygen atoms in total. The van der Waals surface area contributed by atoms with E-state index in [0.717, 1.165) is 12.2 Å². The van der Waals surface area contributed by atoms with Gasteiger partial charge in [0.15, 0.2) is 0 Å². The maximum atomic E-state index is 6.15. The highest BCUT2D eigenvalue weighted by molar-refractivity contribution is 5.87. The Kier molecular flexibility index (Phi) is 4.86. The third-order valence-electron chi connectivity index (χ3n) is 4.67. The van der Waals surface area contributed by atoms with Crippen LogP contribution in [-0.2, 0) is 6.42 Å². The molecule has 3 rings (SSSR count). The van der Waals surface area contributed by atoms with Gasteiger partial charge in [-0.3, -0.25) is 0 Å². The minimum atomic E-state index is 0.281. The fourth-order valence-electron chi connectivity index (χ4n) is 3.55. The average molecular weight is 319 g/mol. The fraction of sp³-hybridized carbons (Fsp3) is 0.273. The highest BCUT2D eigenvalue weighted by atomic mass is 16.5. The Hall–Kier alpha value is -2.32. The van der Waals surface area contributed by atoms with E-state index < -0.39 is 0 Å². The summed E-state index contributed by atoms with van der Waals surface area (Å²) in [7, 11) is 1.74. The molecule has 0 aliphatic heterocycles. The van der Waals surface area contributed by atoms with E-state index in [1.807, 2.05) is 0 Å². The monoisotopic (exact) mass is 319 g/mol. The predicted octanol–water partition coefficient (Wildman–Crippen LogP) is 4.75. The molecule has 0 bridgehead atoms. The average Bonchev–Trinajstić information content (AvgIpc) is 2.58. The summed E-state index contributed by atoms with van der Waals surface area (Å²) in [4.78, 5) is 0. The van der Waals surface area contributed by atoms with Crippen molar-refractivity contribution in [1.29, 1.82) is 0 Å². The van der Waals surface area contributed by atoms with Gasteiger partial charge in [-0.1, -0.05) is 59.7 Å². The Bertz CT molecular complexity index is 833. The van der Waals surface area contributed by atoms with Crippen LogP contribution in [0.2, 0.25) is 0 Å². The van der Waals surface area contributed by atoms with Gasteiger partial charge in [0.05, 0.1) is 7.11 Å². The lowest BCUT2D eigenvalue weighted by Gasteiger charge is -2.20. The minimum Gasteiger partial charge on any atom is -0.496 e. The smallest absolute Gasteiger partial charge is 0.122 e. The lowest BCUT2D eigenvalue weighted by molar-refractivity contribution is 0.409. The van der Waals surface area contributed by atoms with Crippen LogP contribution in [0.25, 0.3) is 10.8 Å². The van der Waals surface area contributed by atoms with E-state index in [1.54, 1.807) is 7.11 Å². The van der Waals surface area contributed by atoms with Crippen molar-refractivity contribution >= 4 is 10.8 Å². The lowest BCUT2D eigenvalue weighted by atomic mass is 9.88. The van der Waals surface area contributed by atoms with E-state index in [-0.39, 0.29) is 5.92 Å². The first kappa shape index (κ1) is 16.5. The molecule has 3 aromatic rings. The molecule has 0 saturated carbocycles. The largest absolute Gasteiger partial charge is 0.496 e. The molecule has 0 aliphatic rings. The van der Waals surface area contributed by atoms with Crippen molar-refractivity contribution in [1.82, 2.24) is 0 Å². The first-order valence-corrected chi connectivity index (χ1v) is 8.45. The molecule has 0 radical (unpaired) electrons. The number of aryl methyl sites for hydroxylation is 2. The standard InChI is InChI=1S/C22H25NO/c1-15-10-16(2)12-18(11-15)19(14-23)13-21-20-7-5-4-6-17(20)8-9-22(21)24-3/h4-12,19H,13-14,23H2,1-3H3. The van der Waals surface area contributed by atoms with Gasteiger partial charge in [0.1, 0.15) is 5.75 Å². The van der Waals surface area contributed by atoms with Crippen molar-refractivity contribution in [3.05, 3.63) is 76.9 Å². The normalized spacial score (nSPS) is 12.3. The molecule has 0 saturated heterocycles. The van der Waals surface area contributed by atoms with E-state index in [9.17, 15) is 0 Å². The summed E-state index contributed by atoms with van der Waals surface area (Å²) in [5, 5.41) is 2.49. The number of rotatable bonds is 5. The summed E-state index contributed by atoms with van der Waals surface area (Å²) in [5.41, 5.74) is 11.3. The van der Waals surface area contributed by atoms with Crippen LogP contribution in [0.3, 0.4) is 0 Å². The molecule has 0 aromatic heterocycles. The molecule has 1 atom stereocenters. The molecule has 3 aromatic carbocycles. The van der Waals surface area contributed by atoms with Crippen molar-refractivity contribution in [2.45, 2.75) is 26.2 Å². The predicted molar refractivity (Wildman–Crippen MR) is 102 cm³/mol. The molecule has 0 heterocycles. The SMILES string of the molecule is COc1ccc2ccccc2c1CC(CN)c1cc(C)cc(C)c1. The second-order valence-corrected chi connectivity index (χ2v) is 6.53. The maximum absolute atomic E-state index is 6.15. The van der Waals surface area contributed by atoms with Crippen molar-refractivity contribution in [2.24, 2.45) is 5.73 Å². The zero-order chi connectivity index (χ0) is 17.1. The van der Waals surface area contributed by atoms with Crippen LogP contribution in [-0.4, -0.2) is 13.7 Å². The molecular weight excluding hydrogens is 294 g/mol. The Morgan fingerprint density at radius 1 is 0.958 bits per heavy atom. The number of nitrogens with two attached hydrogens (primary N) is 1. The molecule has 24 heavy (non-hydrogen) atoms. The zero-order valence-electron chi connectivity index (χ0n) is 14.7. The molecule has 0 spiro atoms. The first-order valence-electron chi connectivity index (χ1n) is 8.45. The Balaban J connectivity index is 2.06. The van der Waals surface area contributed by atoms with Gasteiger partial charge in [-0.2, -0.15) is 0 Å². The number of benzene rings is 3. The highest BCUT2D eigenvalue weighted by Gasteiger charge is 2.16. The Morgan fingerprint density at radius 3 is 2.33 bits per heavy atom. The number of hydrogen-bond donors (Lipinski definition) is 1. The molecule has 1 unspecified atom stereocenters. The molecular formula is C22H25NO. The van der Waals surface area contributed by atoms with Crippen LogP contribution < -0.4 is 10.5 Å². The maximum Gasteiger partial charge on any atom is 0.122 e. The summed E-state index contributed by atoms with van der Waals surface area (Å²) in [5.74, 6) is 1.22. The van der Waals surface area contributed by atoms with Gasteiger partial charge >= 0.3 is 0 Å². The summed E-state index contributed by atoms with van der Waals surface area (Å²) >= 11 is 0. The van der Waals surface area contributed by atoms with Gasteiger partial charge < -0.3 is 10.5 Å². The van der Waals surface area contributed by atoms with Gasteiger partial charge in [0.25, 0.3) is 0 Å². The summed E-state index contributed by atoms with van der Waals surface area (Å²) in [6.07, 6.45) is 0.879. The van der Waals surface area contributed by atoms with Gasteiger partial charge in [0, 0.05) is 11.5 Å². The first-order chi connectivity index (χ1) is 11.6. The Morgan fingerprint density at radius 2 is 1.67 bits per heavy atom. The minimum absolute atomic E-state index is 0.281. The summed E-state index contributed by atoms with van der Waals surface area (Å²) in [6.45, 7) is 4.90. The molecule has 0 fully saturated rings. The van der Waals surface area contributed by atoms with Gasteiger partial charge in [-0.15, -0.1) is 0 Å². The van der Waals surface area contributed by atoms with Crippen molar-refractivity contribution in [2.75, 3.05) is 13.7 Å². The van der Waals surface area contributed by atoms with E-state index in [2.05, 4.69) is 68.4 Å². The second-order valence-electron chi connectivity index (χ2n) is 6.53. The lowest BCUT2D eigenvalue weighted by Crippen LogP contribution is -2.16. The molecule has 0 amide bonds. The van der Waals surface area contributed by atoms with E-state index in [1.165, 1.54) is 33.0 Å². The topological polar surface area (TPSA) is 35.2 Å². The van der Waals surface area contributed by atoms with Crippen LogP contribution in [0.4, 0.5) is 0 Å². The van der Waals surface area contributed by atoms with Crippen molar-refractivity contribution < 1.29 is 4.74 Å². The summed E-state index contributed by atoms with van der Waals surface area (Å²) in [6, 6.07) is 19.4. The molecule has 124 valence electrons. The number of ether oxygens (including phenoxy) is 1.